The monoisotopic (exact) mass is 1570 g/mol. The van der Waals surface area contributed by atoms with Crippen LogP contribution in [0, 0.1) is 5.92 Å². The van der Waals surface area contributed by atoms with Crippen LogP contribution in [0.1, 0.15) is 188 Å². The molecule has 622 valence electrons. The number of carbonyl (C=O) groups is 16. The van der Waals surface area contributed by atoms with Crippen LogP contribution in [0.25, 0.3) is 0 Å². The number of nitrogens with two attached hydrogens (primary N) is 1. The fourth-order valence-electron chi connectivity index (χ4n) is 12.3. The van der Waals surface area contributed by atoms with Crippen LogP contribution in [0.2, 0.25) is 0 Å². The van der Waals surface area contributed by atoms with Crippen LogP contribution in [0.3, 0.4) is 0 Å². The molecule has 0 aliphatic carbocycles. The van der Waals surface area contributed by atoms with Gasteiger partial charge in [-0.15, -0.1) is 0 Å². The second kappa shape index (κ2) is 38.9. The van der Waals surface area contributed by atoms with Gasteiger partial charge in [0.15, 0.2) is 0 Å². The van der Waals surface area contributed by atoms with Crippen LogP contribution in [-0.4, -0.2) is 239 Å². The Morgan fingerprint density at radius 3 is 1.35 bits per heavy atom. The van der Waals surface area contributed by atoms with Crippen molar-refractivity contribution < 1.29 is 92.0 Å². The highest BCUT2D eigenvalue weighted by molar-refractivity contribution is 6.03. The normalized spacial score (nSPS) is 18.2. The second-order valence-corrected chi connectivity index (χ2v) is 33.1. The third-order valence-electron chi connectivity index (χ3n) is 19.8. The highest BCUT2D eigenvalue weighted by Gasteiger charge is 2.51. The van der Waals surface area contributed by atoms with E-state index in [9.17, 15) is 92.0 Å². The van der Waals surface area contributed by atoms with Gasteiger partial charge in [-0.3, -0.25) is 76.7 Å². The van der Waals surface area contributed by atoms with E-state index in [1.165, 1.54) is 104 Å². The molecule has 2 fully saturated rings. The molecule has 2 aliphatic rings. The molecule has 2 aromatic carbocycles. The Morgan fingerprint density at radius 1 is 0.464 bits per heavy atom. The van der Waals surface area contributed by atoms with E-state index in [2.05, 4.69) is 69.1 Å². The lowest BCUT2D eigenvalue weighted by Gasteiger charge is -2.38. The number of carbonyl (C=O) groups excluding carboxylic acids is 16. The van der Waals surface area contributed by atoms with Gasteiger partial charge in [0.1, 0.15) is 74.5 Å². The summed E-state index contributed by atoms with van der Waals surface area (Å²) in [6, 6.07) is 10.4. The zero-order chi connectivity index (χ0) is 85.2. The minimum Gasteiger partial charge on any atom is -0.394 e. The number of β-amino-alcohol motifs (C(OH)–C–C–N with tert-alkyl or cyclic N) is 2. The number of nitrogens with one attached hydrogen (secondary N) is 13. The van der Waals surface area contributed by atoms with Gasteiger partial charge in [0, 0.05) is 45.7 Å². The number of hydrogen-bond donors (Lipinski definition) is 17. The fraction of sp³-hybridized carbons (Fsp3) is 0.636. The first-order valence-electron chi connectivity index (χ1n) is 37.6. The van der Waals surface area contributed by atoms with Gasteiger partial charge in [-0.05, 0) is 146 Å². The lowest BCUT2D eigenvalue weighted by Crippen LogP contribution is -2.68. The van der Waals surface area contributed by atoms with Crippen LogP contribution in [0.4, 0.5) is 0 Å². The maximum Gasteiger partial charge on any atom is 0.248 e. The van der Waals surface area contributed by atoms with E-state index >= 15 is 0 Å². The van der Waals surface area contributed by atoms with E-state index in [-0.39, 0.29) is 57.4 Å². The molecule has 112 heavy (non-hydrogen) atoms. The van der Waals surface area contributed by atoms with Crippen molar-refractivity contribution in [1.82, 2.24) is 78.9 Å². The first-order chi connectivity index (χ1) is 51.6. The van der Waals surface area contributed by atoms with E-state index < -0.39 is 220 Å². The van der Waals surface area contributed by atoms with Crippen LogP contribution < -0.4 is 74.9 Å². The Labute approximate surface area is 654 Å². The number of aliphatic hydroxyl groups excluding tert-OH is 3. The summed E-state index contributed by atoms with van der Waals surface area (Å²) in [6.45, 7) is 25.0. The van der Waals surface area contributed by atoms with Gasteiger partial charge in [-0.25, -0.2) is 0 Å². The van der Waals surface area contributed by atoms with Crippen molar-refractivity contribution in [3.63, 3.8) is 0 Å². The largest absolute Gasteiger partial charge is 0.394 e. The maximum absolute atomic E-state index is 14.7. The molecule has 18 N–H and O–H groups in total. The van der Waals surface area contributed by atoms with Crippen LogP contribution in [-0.2, 0) is 89.6 Å². The van der Waals surface area contributed by atoms with Crippen molar-refractivity contribution in [3.8, 4) is 0 Å². The summed E-state index contributed by atoms with van der Waals surface area (Å²) in [5, 5.41) is 65.9. The van der Waals surface area contributed by atoms with Crippen LogP contribution in [0.5, 0.6) is 0 Å². The summed E-state index contributed by atoms with van der Waals surface area (Å²) in [5.41, 5.74) is -6.90. The zero-order valence-electron chi connectivity index (χ0n) is 68.0. The summed E-state index contributed by atoms with van der Waals surface area (Å²) < 4.78 is 0. The van der Waals surface area contributed by atoms with Crippen molar-refractivity contribution in [2.75, 3.05) is 26.2 Å². The van der Waals surface area contributed by atoms with Crippen LogP contribution >= 0.6 is 0 Å². The highest BCUT2D eigenvalue weighted by atomic mass is 16.3. The van der Waals surface area contributed by atoms with Gasteiger partial charge >= 0.3 is 0 Å². The molecule has 2 saturated heterocycles. The average molecular weight is 1570 g/mol. The Bertz CT molecular complexity index is 3790. The SMILES string of the molecule is CC[C@@](C)(NC(=O)[C@H](CC(C)C)NC(=O)CNC(=O)C(C)(C)NC(=O)C(C)(C)NC(=O)C(C)(C)NC(=O)C(C)(C)NC(=O)[C@H](Cc1ccccc1)NC(C)=O)C(=O)NC(C)(C)C(=O)N1C[C@H](O)C[C@H]1C(=O)N[C@@H](CCC(N)=O)C(=O)N[C@](C)(CC)C(=O)N1C[C@H](O)C[C@H]1C(=O)NC(C)(C)C(=O)N[C@H](CO)Cc1ccccc1. The molecule has 35 nitrogen and oxygen atoms in total. The maximum atomic E-state index is 14.7. The van der Waals surface area contributed by atoms with Crippen molar-refractivity contribution >= 4 is 94.5 Å². The van der Waals surface area contributed by atoms with Gasteiger partial charge in [-0.2, -0.15) is 0 Å². The number of benzene rings is 2. The van der Waals surface area contributed by atoms with E-state index in [0.717, 1.165) is 20.9 Å². The number of likely N-dealkylation sites (tertiary alicyclic amines) is 2. The molecule has 2 aliphatic heterocycles. The molecule has 10 atom stereocenters. The minimum atomic E-state index is -1.90. The molecule has 0 bridgehead atoms. The van der Waals surface area contributed by atoms with Gasteiger partial charge in [-0.1, -0.05) is 88.4 Å². The van der Waals surface area contributed by atoms with E-state index in [1.807, 2.05) is 18.2 Å². The number of hydrogen-bond acceptors (Lipinski definition) is 19. The summed E-state index contributed by atoms with van der Waals surface area (Å²) in [7, 11) is 0. The Morgan fingerprint density at radius 2 is 0.884 bits per heavy atom. The third-order valence-corrected chi connectivity index (χ3v) is 19.8. The fourth-order valence-corrected chi connectivity index (χ4v) is 12.3. The number of nitrogens with zero attached hydrogens (tertiary/aromatic N) is 2. The van der Waals surface area contributed by atoms with Gasteiger partial charge in [0.25, 0.3) is 0 Å². The first-order valence-corrected chi connectivity index (χ1v) is 37.6. The van der Waals surface area contributed by atoms with Crippen molar-refractivity contribution in [1.29, 1.82) is 0 Å². The lowest BCUT2D eigenvalue weighted by molar-refractivity contribution is -0.147. The van der Waals surface area contributed by atoms with E-state index in [0.29, 0.717) is 0 Å². The average Bonchev–Trinajstić information content (AvgIpc) is 1.52. The van der Waals surface area contributed by atoms with Gasteiger partial charge in [0.05, 0.1) is 31.4 Å². The molecule has 2 aromatic rings. The predicted octanol–water partition coefficient (Wildman–Crippen LogP) is -2.29. The number of rotatable bonds is 39. The van der Waals surface area contributed by atoms with Crippen molar-refractivity contribution in [2.24, 2.45) is 11.7 Å². The van der Waals surface area contributed by atoms with Gasteiger partial charge in [0.2, 0.25) is 94.5 Å². The molecule has 0 unspecified atom stereocenters. The molecule has 0 radical (unpaired) electrons. The highest BCUT2D eigenvalue weighted by Crippen LogP contribution is 2.28. The lowest BCUT2D eigenvalue weighted by atomic mass is 9.93. The number of aliphatic hydroxyl groups is 3. The van der Waals surface area contributed by atoms with Crippen molar-refractivity contribution in [2.45, 2.75) is 282 Å². The van der Waals surface area contributed by atoms with Gasteiger partial charge < -0.3 is 100.0 Å². The third kappa shape index (κ3) is 26.5. The Balaban J connectivity index is 1.39. The van der Waals surface area contributed by atoms with E-state index in [1.54, 1.807) is 70.2 Å². The molecule has 0 aromatic heterocycles. The molecule has 0 spiro atoms. The summed E-state index contributed by atoms with van der Waals surface area (Å²) in [6.07, 6.45) is -3.83. The standard InChI is InChI=1S/C77H120N16O19/c1-20-76(18,86-59(102)51(34-43(3)4)82-56(99)39-79-62(105)70(6,7)88-65(108)73(12,13)90-66(109)74(14,15)89-64(107)72(10,11)84-58(101)52(80-44(5)95)36-46-30-26-23-27-31-46)67(110)91-75(16,17)68(111)92-40-48(96)37-53(92)60(103)83-50(32-33-55(78)98)57(100)87-77(19,21-2)69(112)93-41-49(97)38-54(93)61(104)85-71(8,9)63(106)81-47(42-94)35-45-28-24-22-25-29-45/h22-31,43,47-54,94,96-97H,20-21,32-42H2,1-19H3,(H2,78,98)(H,79,105)(H,80,95)(H,81,106)(H,82,99)(H,83,103)(H,84,101)(H,85,104)(H,86,102)(H,87,100)(H,88,108)(H,89,107)(H,90,109)(H,91,110)/t47-,48+,49+,50-,51-,52-,53-,54-,76+,77+/m0/s1. The Kier molecular flexibility index (Phi) is 32.7. The smallest absolute Gasteiger partial charge is 0.248 e. The molecular weight excluding hydrogens is 1450 g/mol. The Hall–Kier alpha value is -10.2. The quantitative estimate of drug-likeness (QED) is 0.0335. The zero-order valence-corrected chi connectivity index (χ0v) is 68.0. The first kappa shape index (κ1) is 94.2. The van der Waals surface area contributed by atoms with Crippen molar-refractivity contribution in [3.05, 3.63) is 71.8 Å². The van der Waals surface area contributed by atoms with Crippen LogP contribution in [0.15, 0.2) is 60.7 Å². The molecule has 4 rings (SSSR count). The second-order valence-electron chi connectivity index (χ2n) is 33.1. The van der Waals surface area contributed by atoms with E-state index in [4.69, 9.17) is 5.73 Å². The molecule has 16 amide bonds. The number of primary amides is 1. The molecule has 0 saturated carbocycles. The minimum absolute atomic E-state index is 0.0168. The molecule has 2 heterocycles. The predicted molar refractivity (Wildman–Crippen MR) is 411 cm³/mol. The molecular formula is C77H120N16O19. The number of amides is 16. The summed E-state index contributed by atoms with van der Waals surface area (Å²) in [5.74, 6) is -13.4. The summed E-state index contributed by atoms with van der Waals surface area (Å²) >= 11 is 0. The summed E-state index contributed by atoms with van der Waals surface area (Å²) in [4.78, 5) is 223. The topological polar surface area (TPSA) is 523 Å². The molecule has 35 heteroatoms.